The zero-order valence-electron chi connectivity index (χ0n) is 14.1. The molecule has 0 rings (SSSR count). The zero-order valence-corrected chi connectivity index (χ0v) is 14.1. The molecular weight excluding hydrogens is 238 g/mol. The molecule has 3 nitrogen and oxygen atoms in total. The molecule has 1 N–H and O–H groups in total. The molecule has 0 saturated heterocycles. The van der Waals surface area contributed by atoms with E-state index in [2.05, 4.69) is 46.9 Å². The molecule has 0 fully saturated rings. The first-order valence-electron chi connectivity index (χ1n) is 7.72. The third kappa shape index (κ3) is 7.28. The Bertz CT molecular complexity index is 213. The predicted octanol–water partition coefficient (Wildman–Crippen LogP) is 3.48. The van der Waals surface area contributed by atoms with Crippen LogP contribution < -0.4 is 5.32 Å². The first kappa shape index (κ1) is 18.9. The molecule has 116 valence electrons. The van der Waals surface area contributed by atoms with Crippen molar-refractivity contribution in [1.29, 1.82) is 0 Å². The lowest BCUT2D eigenvalue weighted by molar-refractivity contribution is -0.0495. The van der Waals surface area contributed by atoms with E-state index < -0.39 is 0 Å². The minimum Gasteiger partial charge on any atom is -0.385 e. The number of methoxy groups -OCH3 is 1. The van der Waals surface area contributed by atoms with E-state index in [9.17, 15) is 0 Å². The molecule has 0 heterocycles. The van der Waals surface area contributed by atoms with Gasteiger partial charge in [0.2, 0.25) is 0 Å². The molecule has 0 radical (unpaired) electrons. The number of nitrogens with one attached hydrogen (secondary N) is 1. The zero-order chi connectivity index (χ0) is 14.9. The standard InChI is InChI=1S/C16H35NO2/c1-8-11-17-14(13(3)10-12-18-7)15(19-9-2)16(4,5)6/h13-15,17H,8-12H2,1-7H3. The molecule has 0 saturated carbocycles. The number of hydrogen-bond acceptors (Lipinski definition) is 3. The van der Waals surface area contributed by atoms with Crippen LogP contribution in [0.4, 0.5) is 0 Å². The van der Waals surface area contributed by atoms with Gasteiger partial charge in [0, 0.05) is 26.4 Å². The largest absolute Gasteiger partial charge is 0.385 e. The normalized spacial score (nSPS) is 17.2. The van der Waals surface area contributed by atoms with Gasteiger partial charge in [-0.15, -0.1) is 0 Å². The Morgan fingerprint density at radius 2 is 1.79 bits per heavy atom. The molecular formula is C16H35NO2. The smallest absolute Gasteiger partial charge is 0.0778 e. The molecule has 3 atom stereocenters. The first-order chi connectivity index (χ1) is 8.88. The second kappa shape index (κ2) is 9.73. The van der Waals surface area contributed by atoms with Crippen molar-refractivity contribution in [3.05, 3.63) is 0 Å². The summed E-state index contributed by atoms with van der Waals surface area (Å²) in [6.45, 7) is 16.0. The Morgan fingerprint density at radius 1 is 1.16 bits per heavy atom. The van der Waals surface area contributed by atoms with Crippen LogP contribution in [-0.2, 0) is 9.47 Å². The molecule has 0 amide bonds. The van der Waals surface area contributed by atoms with E-state index in [4.69, 9.17) is 9.47 Å². The molecule has 0 aliphatic carbocycles. The van der Waals surface area contributed by atoms with Crippen LogP contribution in [0.5, 0.6) is 0 Å². The van der Waals surface area contributed by atoms with Crippen LogP contribution in [0.1, 0.15) is 54.4 Å². The Balaban J connectivity index is 4.83. The van der Waals surface area contributed by atoms with Gasteiger partial charge in [-0.05, 0) is 37.6 Å². The van der Waals surface area contributed by atoms with Crippen molar-refractivity contribution in [3.63, 3.8) is 0 Å². The van der Waals surface area contributed by atoms with E-state index in [1.165, 1.54) is 0 Å². The van der Waals surface area contributed by atoms with E-state index in [0.717, 1.165) is 32.6 Å². The Labute approximate surface area is 120 Å². The Kier molecular flexibility index (Phi) is 9.67. The number of ether oxygens (including phenoxy) is 2. The molecule has 0 bridgehead atoms. The molecule has 0 aliphatic heterocycles. The number of rotatable bonds is 10. The Hall–Kier alpha value is -0.120. The van der Waals surface area contributed by atoms with Gasteiger partial charge < -0.3 is 14.8 Å². The van der Waals surface area contributed by atoms with Gasteiger partial charge >= 0.3 is 0 Å². The summed E-state index contributed by atoms with van der Waals surface area (Å²) in [6, 6.07) is 0.384. The van der Waals surface area contributed by atoms with Gasteiger partial charge in [0.25, 0.3) is 0 Å². The molecule has 3 heteroatoms. The van der Waals surface area contributed by atoms with Crippen molar-refractivity contribution in [1.82, 2.24) is 5.32 Å². The topological polar surface area (TPSA) is 30.5 Å². The van der Waals surface area contributed by atoms with Crippen LogP contribution in [0.25, 0.3) is 0 Å². The van der Waals surface area contributed by atoms with Crippen LogP contribution in [-0.4, -0.2) is 39.0 Å². The van der Waals surface area contributed by atoms with Gasteiger partial charge in [-0.1, -0.05) is 34.6 Å². The SMILES string of the molecule is CCCNC(C(C)CCOC)C(OCC)C(C)(C)C. The van der Waals surface area contributed by atoms with Crippen molar-refractivity contribution in [2.45, 2.75) is 66.5 Å². The van der Waals surface area contributed by atoms with Crippen LogP contribution in [0.2, 0.25) is 0 Å². The lowest BCUT2D eigenvalue weighted by Crippen LogP contribution is -2.52. The molecule has 3 unspecified atom stereocenters. The highest BCUT2D eigenvalue weighted by Crippen LogP contribution is 2.29. The fourth-order valence-corrected chi connectivity index (χ4v) is 2.47. The monoisotopic (exact) mass is 273 g/mol. The van der Waals surface area contributed by atoms with Gasteiger partial charge in [-0.3, -0.25) is 0 Å². The first-order valence-corrected chi connectivity index (χ1v) is 7.72. The maximum atomic E-state index is 6.06. The van der Waals surface area contributed by atoms with Crippen molar-refractivity contribution >= 4 is 0 Å². The highest BCUT2D eigenvalue weighted by molar-refractivity contribution is 4.89. The number of hydrogen-bond donors (Lipinski definition) is 1. The van der Waals surface area contributed by atoms with E-state index >= 15 is 0 Å². The highest BCUT2D eigenvalue weighted by atomic mass is 16.5. The average molecular weight is 273 g/mol. The lowest BCUT2D eigenvalue weighted by atomic mass is 9.79. The van der Waals surface area contributed by atoms with Crippen molar-refractivity contribution in [2.75, 3.05) is 26.9 Å². The molecule has 0 aromatic rings. The van der Waals surface area contributed by atoms with Crippen LogP contribution >= 0.6 is 0 Å². The van der Waals surface area contributed by atoms with Crippen molar-refractivity contribution < 1.29 is 9.47 Å². The fourth-order valence-electron chi connectivity index (χ4n) is 2.47. The van der Waals surface area contributed by atoms with Gasteiger partial charge in [-0.25, -0.2) is 0 Å². The highest BCUT2D eigenvalue weighted by Gasteiger charge is 2.35. The van der Waals surface area contributed by atoms with Gasteiger partial charge in [-0.2, -0.15) is 0 Å². The third-order valence-corrected chi connectivity index (χ3v) is 3.55. The van der Waals surface area contributed by atoms with E-state index in [-0.39, 0.29) is 11.5 Å². The summed E-state index contributed by atoms with van der Waals surface area (Å²) in [6.07, 6.45) is 2.45. The molecule has 19 heavy (non-hydrogen) atoms. The van der Waals surface area contributed by atoms with Crippen LogP contribution in [0.3, 0.4) is 0 Å². The minimum atomic E-state index is 0.142. The summed E-state index contributed by atoms with van der Waals surface area (Å²) < 4.78 is 11.3. The molecule has 0 aromatic carbocycles. The average Bonchev–Trinajstić information content (AvgIpc) is 2.34. The summed E-state index contributed by atoms with van der Waals surface area (Å²) in [5.74, 6) is 0.544. The van der Waals surface area contributed by atoms with Crippen molar-refractivity contribution in [2.24, 2.45) is 11.3 Å². The van der Waals surface area contributed by atoms with Crippen LogP contribution in [0, 0.1) is 11.3 Å². The van der Waals surface area contributed by atoms with E-state index in [0.29, 0.717) is 12.0 Å². The predicted molar refractivity (Wildman–Crippen MR) is 82.6 cm³/mol. The summed E-state index contributed by atoms with van der Waals surface area (Å²) in [7, 11) is 1.77. The molecule has 0 aromatic heterocycles. The van der Waals surface area contributed by atoms with Crippen molar-refractivity contribution in [3.8, 4) is 0 Å². The summed E-state index contributed by atoms with van der Waals surface area (Å²) >= 11 is 0. The molecule has 0 spiro atoms. The van der Waals surface area contributed by atoms with E-state index in [1.54, 1.807) is 7.11 Å². The maximum Gasteiger partial charge on any atom is 0.0778 e. The third-order valence-electron chi connectivity index (χ3n) is 3.55. The summed E-state index contributed by atoms with van der Waals surface area (Å²) in [5.41, 5.74) is 0.142. The fraction of sp³-hybridized carbons (Fsp3) is 1.00. The summed E-state index contributed by atoms with van der Waals surface area (Å²) in [5, 5.41) is 3.69. The lowest BCUT2D eigenvalue weighted by Gasteiger charge is -2.40. The van der Waals surface area contributed by atoms with Crippen LogP contribution in [0.15, 0.2) is 0 Å². The second-order valence-corrected chi connectivity index (χ2v) is 6.48. The van der Waals surface area contributed by atoms with Gasteiger partial charge in [0.1, 0.15) is 0 Å². The minimum absolute atomic E-state index is 0.142. The quantitative estimate of drug-likeness (QED) is 0.661. The maximum absolute atomic E-state index is 6.06. The Morgan fingerprint density at radius 3 is 2.21 bits per heavy atom. The van der Waals surface area contributed by atoms with Gasteiger partial charge in [0.15, 0.2) is 0 Å². The van der Waals surface area contributed by atoms with Gasteiger partial charge in [0.05, 0.1) is 6.10 Å². The molecule has 0 aliphatic rings. The van der Waals surface area contributed by atoms with E-state index in [1.807, 2.05) is 0 Å². The second-order valence-electron chi connectivity index (χ2n) is 6.48. The summed E-state index contributed by atoms with van der Waals surface area (Å²) in [4.78, 5) is 0.